The highest BCUT2D eigenvalue weighted by Gasteiger charge is 2.33. The first-order valence-corrected chi connectivity index (χ1v) is 7.93. The van der Waals surface area contributed by atoms with Gasteiger partial charge in [0.1, 0.15) is 0 Å². The molecule has 1 N–H and O–H groups in total. The average Bonchev–Trinajstić information content (AvgIpc) is 3.10. The van der Waals surface area contributed by atoms with Gasteiger partial charge in [-0.3, -0.25) is 4.79 Å². The van der Waals surface area contributed by atoms with Crippen LogP contribution in [0.5, 0.6) is 0 Å². The predicted octanol–water partition coefficient (Wildman–Crippen LogP) is 1.73. The summed E-state index contributed by atoms with van der Waals surface area (Å²) in [5.74, 6) is 3.21. The van der Waals surface area contributed by atoms with Gasteiger partial charge in [-0.2, -0.15) is 11.8 Å². The summed E-state index contributed by atoms with van der Waals surface area (Å²) >= 11 is 1.96. The molecule has 3 nitrogen and oxygen atoms in total. The van der Waals surface area contributed by atoms with E-state index in [0.29, 0.717) is 30.3 Å². The lowest BCUT2D eigenvalue weighted by atomic mass is 10.1. The van der Waals surface area contributed by atoms with Crippen molar-refractivity contribution < 1.29 is 4.79 Å². The Morgan fingerprint density at radius 3 is 2.76 bits per heavy atom. The molecule has 1 aliphatic carbocycles. The van der Waals surface area contributed by atoms with Crippen LogP contribution in [0.2, 0.25) is 0 Å². The Balaban J connectivity index is 1.82. The molecule has 0 bridgehead atoms. The molecular weight excluding hydrogens is 232 g/mol. The Kier molecular flexibility index (Phi) is 4.74. The molecule has 1 atom stereocenters. The van der Waals surface area contributed by atoms with E-state index in [0.717, 1.165) is 18.8 Å². The lowest BCUT2D eigenvalue weighted by Crippen LogP contribution is -2.44. The molecular formula is C13H24N2OS. The maximum absolute atomic E-state index is 12.3. The molecule has 2 aliphatic rings. The van der Waals surface area contributed by atoms with Gasteiger partial charge in [0.15, 0.2) is 0 Å². The minimum absolute atomic E-state index is 0.362. The zero-order chi connectivity index (χ0) is 12.3. The van der Waals surface area contributed by atoms with E-state index in [9.17, 15) is 4.79 Å². The zero-order valence-electron chi connectivity index (χ0n) is 10.9. The van der Waals surface area contributed by atoms with Crippen molar-refractivity contribution in [2.75, 3.05) is 24.6 Å². The molecule has 1 heterocycles. The Bertz CT molecular complexity index is 260. The van der Waals surface area contributed by atoms with Gasteiger partial charge in [-0.05, 0) is 18.8 Å². The van der Waals surface area contributed by atoms with Crippen molar-refractivity contribution in [3.8, 4) is 0 Å². The number of carbonyl (C=O) groups excluding carboxylic acids is 1. The van der Waals surface area contributed by atoms with Gasteiger partial charge in [0.05, 0.1) is 0 Å². The number of nitrogens with zero attached hydrogens (tertiary/aromatic N) is 1. The summed E-state index contributed by atoms with van der Waals surface area (Å²) in [4.78, 5) is 14.4. The van der Waals surface area contributed by atoms with Gasteiger partial charge >= 0.3 is 0 Å². The van der Waals surface area contributed by atoms with Gasteiger partial charge in [0.25, 0.3) is 0 Å². The minimum Gasteiger partial charge on any atom is -0.339 e. The second kappa shape index (κ2) is 6.10. The highest BCUT2D eigenvalue weighted by atomic mass is 32.2. The molecule has 1 aliphatic heterocycles. The number of amides is 1. The van der Waals surface area contributed by atoms with Crippen molar-refractivity contribution in [3.05, 3.63) is 0 Å². The Morgan fingerprint density at radius 1 is 1.47 bits per heavy atom. The molecule has 2 rings (SSSR count). The van der Waals surface area contributed by atoms with Crippen molar-refractivity contribution in [1.29, 1.82) is 0 Å². The third-order valence-corrected chi connectivity index (χ3v) is 4.42. The molecule has 1 unspecified atom stereocenters. The summed E-state index contributed by atoms with van der Waals surface area (Å²) < 4.78 is 0. The Labute approximate surface area is 109 Å². The fourth-order valence-electron chi connectivity index (χ4n) is 2.31. The maximum atomic E-state index is 12.3. The number of hydrogen-bond donors (Lipinski definition) is 1. The lowest BCUT2D eigenvalue weighted by Gasteiger charge is -2.28. The first-order chi connectivity index (χ1) is 8.16. The van der Waals surface area contributed by atoms with Crippen LogP contribution < -0.4 is 5.32 Å². The van der Waals surface area contributed by atoms with Gasteiger partial charge < -0.3 is 10.2 Å². The van der Waals surface area contributed by atoms with E-state index in [1.165, 1.54) is 18.6 Å². The topological polar surface area (TPSA) is 32.3 Å². The van der Waals surface area contributed by atoms with Crippen molar-refractivity contribution in [1.82, 2.24) is 10.2 Å². The minimum atomic E-state index is 0.362. The highest BCUT2D eigenvalue weighted by molar-refractivity contribution is 7.99. The first kappa shape index (κ1) is 13.2. The van der Waals surface area contributed by atoms with E-state index in [2.05, 4.69) is 24.1 Å². The van der Waals surface area contributed by atoms with Gasteiger partial charge in [0.2, 0.25) is 5.91 Å². The summed E-state index contributed by atoms with van der Waals surface area (Å²) in [6, 6.07) is 0.954. The molecule has 98 valence electrons. The zero-order valence-corrected chi connectivity index (χ0v) is 11.8. The number of carbonyl (C=O) groups is 1. The van der Waals surface area contributed by atoms with Crippen LogP contribution >= 0.6 is 11.8 Å². The van der Waals surface area contributed by atoms with Crippen LogP contribution in [0, 0.1) is 5.92 Å². The van der Waals surface area contributed by atoms with Gasteiger partial charge in [0, 0.05) is 43.1 Å². The second-order valence-corrected chi connectivity index (χ2v) is 6.75. The molecule has 1 amide bonds. The smallest absolute Gasteiger partial charge is 0.224 e. The summed E-state index contributed by atoms with van der Waals surface area (Å²) in [6.45, 7) is 6.37. The molecule has 0 radical (unpaired) electrons. The van der Waals surface area contributed by atoms with Gasteiger partial charge in [-0.25, -0.2) is 0 Å². The van der Waals surface area contributed by atoms with Crippen LogP contribution in [0.25, 0.3) is 0 Å². The van der Waals surface area contributed by atoms with Crippen molar-refractivity contribution in [2.24, 2.45) is 5.92 Å². The third-order valence-electron chi connectivity index (χ3n) is 3.29. The van der Waals surface area contributed by atoms with Crippen LogP contribution in [0.4, 0.5) is 0 Å². The van der Waals surface area contributed by atoms with Crippen molar-refractivity contribution in [3.63, 3.8) is 0 Å². The van der Waals surface area contributed by atoms with Crippen molar-refractivity contribution in [2.45, 2.75) is 45.2 Å². The molecule has 2 fully saturated rings. The average molecular weight is 256 g/mol. The number of hydrogen-bond acceptors (Lipinski definition) is 3. The van der Waals surface area contributed by atoms with E-state index in [1.54, 1.807) is 0 Å². The fourth-order valence-corrected chi connectivity index (χ4v) is 3.26. The molecule has 17 heavy (non-hydrogen) atoms. The molecule has 1 saturated carbocycles. The van der Waals surface area contributed by atoms with Gasteiger partial charge in [-0.1, -0.05) is 13.8 Å². The molecule has 0 aromatic heterocycles. The van der Waals surface area contributed by atoms with Crippen LogP contribution in [-0.4, -0.2) is 47.5 Å². The van der Waals surface area contributed by atoms with E-state index >= 15 is 0 Å². The highest BCUT2D eigenvalue weighted by Crippen LogP contribution is 2.28. The largest absolute Gasteiger partial charge is 0.339 e. The van der Waals surface area contributed by atoms with Crippen LogP contribution in [0.1, 0.15) is 33.1 Å². The maximum Gasteiger partial charge on any atom is 0.224 e. The number of nitrogens with one attached hydrogen (secondary N) is 1. The number of thioether (sulfide) groups is 1. The lowest BCUT2D eigenvalue weighted by molar-refractivity contribution is -0.132. The standard InChI is InChI=1S/C13H24N2OS/c1-10(2)8-15(12-3-4-12)13(16)7-11-9-17-6-5-14-11/h10-12,14H,3-9H2,1-2H3. The summed E-state index contributed by atoms with van der Waals surface area (Å²) in [7, 11) is 0. The van der Waals surface area contributed by atoms with Crippen molar-refractivity contribution >= 4 is 17.7 Å². The van der Waals surface area contributed by atoms with Crippen LogP contribution in [0.3, 0.4) is 0 Å². The quantitative estimate of drug-likeness (QED) is 0.813. The van der Waals surface area contributed by atoms with Crippen LogP contribution in [-0.2, 0) is 4.79 Å². The molecule has 0 aromatic carbocycles. The second-order valence-electron chi connectivity index (χ2n) is 5.60. The molecule has 0 aromatic rings. The van der Waals surface area contributed by atoms with Gasteiger partial charge in [-0.15, -0.1) is 0 Å². The number of rotatable bonds is 5. The Morgan fingerprint density at radius 2 is 2.24 bits per heavy atom. The third kappa shape index (κ3) is 4.18. The summed E-state index contributed by atoms with van der Waals surface area (Å²) in [5, 5.41) is 3.45. The van der Waals surface area contributed by atoms with E-state index < -0.39 is 0 Å². The Hall–Kier alpha value is -0.220. The monoisotopic (exact) mass is 256 g/mol. The summed E-state index contributed by atoms with van der Waals surface area (Å²) in [5.41, 5.74) is 0. The SMILES string of the molecule is CC(C)CN(C(=O)CC1CSCCN1)C1CC1. The molecule has 4 heteroatoms. The summed E-state index contributed by atoms with van der Waals surface area (Å²) in [6.07, 6.45) is 3.12. The first-order valence-electron chi connectivity index (χ1n) is 6.77. The normalized spacial score (nSPS) is 25.0. The van der Waals surface area contributed by atoms with E-state index in [1.807, 2.05) is 11.8 Å². The van der Waals surface area contributed by atoms with Crippen LogP contribution in [0.15, 0.2) is 0 Å². The molecule has 1 saturated heterocycles. The molecule has 0 spiro atoms. The predicted molar refractivity (Wildman–Crippen MR) is 73.3 cm³/mol. The van der Waals surface area contributed by atoms with E-state index in [4.69, 9.17) is 0 Å². The van der Waals surface area contributed by atoms with E-state index in [-0.39, 0.29) is 0 Å². The fraction of sp³-hybridized carbons (Fsp3) is 0.923.